The Morgan fingerprint density at radius 2 is 1.58 bits per heavy atom. The molecule has 7 rings (SSSR count). The number of hydrogen-bond acceptors (Lipinski definition) is 9. The van der Waals surface area contributed by atoms with E-state index in [2.05, 4.69) is 32.3 Å². The van der Waals surface area contributed by atoms with Gasteiger partial charge >= 0.3 is 12.4 Å². The van der Waals surface area contributed by atoms with Gasteiger partial charge in [-0.1, -0.05) is 23.6 Å². The Bertz CT molecular complexity index is 3180. The van der Waals surface area contributed by atoms with Crippen LogP contribution in [0.5, 0.6) is 0 Å². The monoisotopic (exact) mass is 1010 g/mol. The molecule has 1 fully saturated rings. The highest BCUT2D eigenvalue weighted by Crippen LogP contribution is 2.68. The second-order valence-corrected chi connectivity index (χ2v) is 21.4. The van der Waals surface area contributed by atoms with Crippen LogP contribution in [0, 0.1) is 29.4 Å². The minimum absolute atomic E-state index is 0.101. The van der Waals surface area contributed by atoms with Crippen LogP contribution in [0.25, 0.3) is 22.0 Å². The number of sulfone groups is 1. The first-order chi connectivity index (χ1) is 30.7. The van der Waals surface area contributed by atoms with Crippen LogP contribution in [0.1, 0.15) is 73.1 Å². The Kier molecular flexibility index (Phi) is 12.1. The zero-order chi connectivity index (χ0) is 49.7. The number of nitrogens with one attached hydrogen (secondary N) is 1. The summed E-state index contributed by atoms with van der Waals surface area (Å²) in [5, 5.41) is 8.71. The number of rotatable bonds is 11. The summed E-state index contributed by atoms with van der Waals surface area (Å²) in [5.74, 6) is -7.05. The average molecular weight is 1010 g/mol. The highest BCUT2D eigenvalue weighted by Gasteiger charge is 2.68. The highest BCUT2D eigenvalue weighted by molar-refractivity contribution is 7.93. The van der Waals surface area contributed by atoms with Gasteiger partial charge in [0.15, 0.2) is 21.3 Å². The van der Waals surface area contributed by atoms with Gasteiger partial charge in [-0.15, -0.1) is 0 Å². The van der Waals surface area contributed by atoms with Crippen molar-refractivity contribution in [3.8, 4) is 23.0 Å². The number of carbonyl (C=O) groups excluding carboxylic acids is 2. The Morgan fingerprint density at radius 3 is 2.15 bits per heavy atom. The van der Waals surface area contributed by atoms with Crippen LogP contribution >= 0.6 is 11.6 Å². The summed E-state index contributed by atoms with van der Waals surface area (Å²) in [5.41, 5.74) is -5.66. The van der Waals surface area contributed by atoms with Gasteiger partial charge in [0.1, 0.15) is 40.9 Å². The Labute approximate surface area is 379 Å². The molecule has 3 heterocycles. The molecule has 0 aliphatic heterocycles. The van der Waals surface area contributed by atoms with Crippen LogP contribution in [0.15, 0.2) is 42.5 Å². The fraction of sp³-hybridized carbons (Fsp3) is 0.390. The molecule has 13 nitrogen and oxygen atoms in total. The molecule has 1 saturated carbocycles. The van der Waals surface area contributed by atoms with E-state index in [0.29, 0.717) is 12.3 Å². The van der Waals surface area contributed by atoms with Crippen LogP contribution in [0.3, 0.4) is 0 Å². The third-order valence-electron chi connectivity index (χ3n) is 11.1. The molecular weight excluding hydrogens is 976 g/mol. The summed E-state index contributed by atoms with van der Waals surface area (Å²) >= 11 is 6.53. The Morgan fingerprint density at radius 1 is 0.955 bits per heavy atom. The maximum Gasteiger partial charge on any atom is 0.435 e. The average Bonchev–Trinajstić information content (AvgIpc) is 3.68. The minimum Gasteiger partial charge on any atom is -0.346 e. The maximum absolute atomic E-state index is 15.5. The van der Waals surface area contributed by atoms with Gasteiger partial charge in [0.25, 0.3) is 5.92 Å². The van der Waals surface area contributed by atoms with E-state index in [-0.39, 0.29) is 42.5 Å². The molecule has 0 spiro atoms. The Hall–Kier alpha value is -5.74. The number of benzene rings is 2. The van der Waals surface area contributed by atoms with Gasteiger partial charge in [0.2, 0.25) is 21.8 Å². The van der Waals surface area contributed by atoms with Gasteiger partial charge in [0.05, 0.1) is 33.9 Å². The molecule has 0 bridgehead atoms. The number of amides is 2. The number of sulfonamides is 1. The van der Waals surface area contributed by atoms with Crippen LogP contribution < -0.4 is 9.62 Å². The molecule has 3 aromatic heterocycles. The van der Waals surface area contributed by atoms with E-state index in [1.807, 2.05) is 0 Å². The zero-order valence-electron chi connectivity index (χ0n) is 35.2. The standard InChI is InChI=1S/C41H34ClF10N7O6S2/c1-19(60)59(67(5,64)65)37-32-28(42)9-8-25(34(32)58(56-37)18-39(45,46)47)24-7-6-23(10-11-38(2,3)66(4,62)63)53-33(24)29(14-20-12-21(43)15-22(44)13-20)54-30(61)17-57-36-31(35(55-57)41(50,51)52)26-16-27(26)40(36,48)49/h6-9,12-13,15,26-27,29H,14,16-18H2,1-5H3,(H,54,61)/t26-,27+,29?/m0/s1. The van der Waals surface area contributed by atoms with Crippen LogP contribution in [-0.4, -0.2) is 76.6 Å². The molecule has 1 unspecified atom stereocenters. The second-order valence-electron chi connectivity index (χ2n) is 16.6. The summed E-state index contributed by atoms with van der Waals surface area (Å²) in [6.07, 6.45) is -9.77. The Balaban J connectivity index is 1.48. The lowest BCUT2D eigenvalue weighted by molar-refractivity contribution is -0.143. The molecule has 1 N–H and O–H groups in total. The van der Waals surface area contributed by atoms with Gasteiger partial charge in [-0.05, 0) is 74.4 Å². The van der Waals surface area contributed by atoms with E-state index < -0.39 is 148 Å². The second kappa shape index (κ2) is 16.5. The number of halogens is 11. The van der Waals surface area contributed by atoms with Crippen molar-refractivity contribution in [1.29, 1.82) is 0 Å². The number of fused-ring (bicyclic) bond motifs is 4. The van der Waals surface area contributed by atoms with E-state index in [1.165, 1.54) is 19.9 Å². The van der Waals surface area contributed by atoms with Crippen LogP contribution in [0.2, 0.25) is 5.02 Å². The van der Waals surface area contributed by atoms with Crippen LogP contribution in [-0.2, 0) is 61.1 Å². The third-order valence-corrected chi connectivity index (χ3v) is 14.5. The van der Waals surface area contributed by atoms with Crippen molar-refractivity contribution in [3.63, 3.8) is 0 Å². The van der Waals surface area contributed by atoms with Crippen LogP contribution in [0.4, 0.5) is 49.7 Å². The molecule has 5 aromatic rings. The van der Waals surface area contributed by atoms with Crippen molar-refractivity contribution >= 4 is 60.0 Å². The number of pyridine rings is 1. The lowest BCUT2D eigenvalue weighted by Gasteiger charge is -2.23. The number of alkyl halides is 8. The van der Waals surface area contributed by atoms with Crippen molar-refractivity contribution in [2.45, 2.75) is 81.7 Å². The van der Waals surface area contributed by atoms with E-state index in [9.17, 15) is 61.5 Å². The molecule has 2 amide bonds. The minimum atomic E-state index is -5.21. The lowest BCUT2D eigenvalue weighted by Crippen LogP contribution is -2.35. The number of aromatic nitrogens is 5. The van der Waals surface area contributed by atoms with E-state index in [4.69, 9.17) is 11.6 Å². The molecule has 67 heavy (non-hydrogen) atoms. The van der Waals surface area contributed by atoms with Crippen molar-refractivity contribution in [3.05, 3.63) is 93.0 Å². The SMILES string of the molecule is CC(=O)N(c1nn(CC(F)(F)F)c2c(-c3ccc(C#CC(C)(C)S(C)(=O)=O)nc3C(Cc3cc(F)cc(F)c3)NC(=O)Cn3nc(C(F)(F)F)c4c3C(F)(F)[C@@H]3C[C@H]43)ccc(Cl)c12)S(C)(=O)=O. The number of hydrogen-bond donors (Lipinski definition) is 1. The topological polar surface area (TPSA) is 166 Å². The van der Waals surface area contributed by atoms with E-state index in [0.717, 1.165) is 43.5 Å². The first-order valence-corrected chi connectivity index (χ1v) is 23.6. The highest BCUT2D eigenvalue weighted by atomic mass is 35.5. The molecular formula is C41H34ClF10N7O6S2. The molecule has 0 saturated heterocycles. The van der Waals surface area contributed by atoms with Crippen molar-refractivity contribution in [2.75, 3.05) is 16.8 Å². The number of carbonyl (C=O) groups is 2. The van der Waals surface area contributed by atoms with Gasteiger partial charge in [-0.3, -0.25) is 19.0 Å². The predicted molar refractivity (Wildman–Crippen MR) is 221 cm³/mol. The smallest absolute Gasteiger partial charge is 0.346 e. The largest absolute Gasteiger partial charge is 0.435 e. The van der Waals surface area contributed by atoms with Gasteiger partial charge in [-0.2, -0.15) is 49.6 Å². The summed E-state index contributed by atoms with van der Waals surface area (Å²) in [6.45, 7) is 0.0642. The summed E-state index contributed by atoms with van der Waals surface area (Å²) in [7, 11) is -8.50. The quantitative estimate of drug-likeness (QED) is 0.104. The maximum atomic E-state index is 15.5. The normalized spacial score (nSPS) is 17.4. The molecule has 26 heteroatoms. The molecule has 3 atom stereocenters. The predicted octanol–water partition coefficient (Wildman–Crippen LogP) is 7.60. The zero-order valence-corrected chi connectivity index (χ0v) is 37.6. The molecule has 2 aliphatic rings. The molecule has 2 aliphatic carbocycles. The number of nitrogens with zero attached hydrogens (tertiary/aromatic N) is 6. The third kappa shape index (κ3) is 9.56. The van der Waals surface area contributed by atoms with Crippen molar-refractivity contribution in [2.24, 2.45) is 5.92 Å². The summed E-state index contributed by atoms with van der Waals surface area (Å²) < 4.78 is 196. The molecule has 358 valence electrons. The van der Waals surface area contributed by atoms with E-state index in [1.54, 1.807) is 0 Å². The fourth-order valence-electron chi connectivity index (χ4n) is 7.94. The van der Waals surface area contributed by atoms with Gasteiger partial charge < -0.3 is 5.32 Å². The fourth-order valence-corrected chi connectivity index (χ4v) is 9.32. The van der Waals surface area contributed by atoms with Crippen molar-refractivity contribution in [1.82, 2.24) is 29.9 Å². The number of anilines is 1. The summed E-state index contributed by atoms with van der Waals surface area (Å²) in [6, 6.07) is 4.90. The first-order valence-electron chi connectivity index (χ1n) is 19.5. The van der Waals surface area contributed by atoms with Crippen molar-refractivity contribution < 1.29 is 70.3 Å². The van der Waals surface area contributed by atoms with Gasteiger partial charge in [-0.25, -0.2) is 30.6 Å². The van der Waals surface area contributed by atoms with Gasteiger partial charge in [0, 0.05) is 41.9 Å². The summed E-state index contributed by atoms with van der Waals surface area (Å²) in [4.78, 5) is 31.3. The molecule has 2 aromatic carbocycles. The lowest BCUT2D eigenvalue weighted by atomic mass is 9.93. The molecule has 0 radical (unpaired) electrons. The first kappa shape index (κ1) is 49.2. The van der Waals surface area contributed by atoms with E-state index >= 15 is 8.78 Å².